The normalized spacial score (nSPS) is 19.7. The number of carboxylic acid groups (broad SMARTS) is 1. The molecule has 8 heteroatoms. The minimum atomic E-state index is -0.853. The van der Waals surface area contributed by atoms with Crippen molar-refractivity contribution in [1.82, 2.24) is 19.7 Å². The predicted molar refractivity (Wildman–Crippen MR) is 86.1 cm³/mol. The number of fused-ring (bicyclic) bond motifs is 2. The molecule has 24 heavy (non-hydrogen) atoms. The average molecular weight is 349 g/mol. The summed E-state index contributed by atoms with van der Waals surface area (Å²) in [5.41, 5.74) is 2.01. The van der Waals surface area contributed by atoms with Gasteiger partial charge in [0.15, 0.2) is 0 Å². The van der Waals surface area contributed by atoms with E-state index in [0.717, 1.165) is 34.9 Å². The molecule has 0 aliphatic carbocycles. The minimum absolute atomic E-state index is 0.340. The molecular weight excluding hydrogens is 332 g/mol. The monoisotopic (exact) mass is 348 g/mol. The Bertz CT molecular complexity index is 820. The number of halogens is 1. The fourth-order valence-electron chi connectivity index (χ4n) is 3.44. The van der Waals surface area contributed by atoms with Gasteiger partial charge in [-0.2, -0.15) is 0 Å². The molecule has 3 heterocycles. The van der Waals surface area contributed by atoms with Crippen LogP contribution in [0.25, 0.3) is 0 Å². The Morgan fingerprint density at radius 1 is 1.46 bits per heavy atom. The van der Waals surface area contributed by atoms with Crippen molar-refractivity contribution in [3.8, 4) is 5.75 Å². The molecule has 2 aliphatic heterocycles. The molecule has 2 aromatic rings. The van der Waals surface area contributed by atoms with Crippen molar-refractivity contribution in [3.05, 3.63) is 39.9 Å². The summed E-state index contributed by atoms with van der Waals surface area (Å²) in [5.74, 6) is 1.51. The Morgan fingerprint density at radius 2 is 2.29 bits per heavy atom. The molecular formula is C16H17ClN4O3. The largest absolute Gasteiger partial charge is 0.493 e. The number of rotatable bonds is 3. The molecule has 7 nitrogen and oxygen atoms in total. The van der Waals surface area contributed by atoms with Gasteiger partial charge in [0.05, 0.1) is 19.7 Å². The maximum absolute atomic E-state index is 11.7. The third-order valence-electron chi connectivity index (χ3n) is 4.64. The Labute approximate surface area is 143 Å². The van der Waals surface area contributed by atoms with Gasteiger partial charge in [0, 0.05) is 23.6 Å². The van der Waals surface area contributed by atoms with Crippen molar-refractivity contribution in [2.24, 2.45) is 0 Å². The lowest BCUT2D eigenvalue weighted by atomic mass is 10.1. The molecule has 0 radical (unpaired) electrons. The van der Waals surface area contributed by atoms with Crippen molar-refractivity contribution in [3.63, 3.8) is 0 Å². The molecule has 2 aliphatic rings. The van der Waals surface area contributed by atoms with Gasteiger partial charge < -0.3 is 14.4 Å². The molecule has 0 fully saturated rings. The van der Waals surface area contributed by atoms with E-state index in [1.807, 2.05) is 28.5 Å². The summed E-state index contributed by atoms with van der Waals surface area (Å²) < 4.78 is 7.60. The van der Waals surface area contributed by atoms with Crippen molar-refractivity contribution in [2.45, 2.75) is 39.0 Å². The number of nitrogens with zero attached hydrogens (tertiary/aromatic N) is 4. The highest BCUT2D eigenvalue weighted by Crippen LogP contribution is 2.34. The first kappa shape index (κ1) is 15.4. The zero-order chi connectivity index (χ0) is 16.8. The fraction of sp³-hybridized carbons (Fsp3) is 0.438. The van der Waals surface area contributed by atoms with E-state index in [2.05, 4.69) is 10.2 Å². The number of benzene rings is 1. The number of carbonyl (C=O) groups is 1. The summed E-state index contributed by atoms with van der Waals surface area (Å²) >= 11 is 6.21. The van der Waals surface area contributed by atoms with Crippen LogP contribution < -0.4 is 4.74 Å². The van der Waals surface area contributed by atoms with Crippen molar-refractivity contribution < 1.29 is 14.6 Å². The van der Waals surface area contributed by atoms with E-state index in [1.54, 1.807) is 0 Å². The standard InChI is InChI=1S/C16H17ClN4O3/c1-9-18-19-14-8-20(13(16(22)23)7-21(9)14)6-11-5-12(17)4-10-2-3-24-15(10)11/h4-5,13H,2-3,6-8H2,1H3,(H,22,23). The highest BCUT2D eigenvalue weighted by Gasteiger charge is 2.34. The second kappa shape index (κ2) is 5.75. The van der Waals surface area contributed by atoms with E-state index < -0.39 is 12.0 Å². The van der Waals surface area contributed by atoms with Gasteiger partial charge in [-0.1, -0.05) is 11.6 Å². The first-order chi connectivity index (χ1) is 11.5. The number of carboxylic acids is 1. The van der Waals surface area contributed by atoms with Gasteiger partial charge in [0.2, 0.25) is 0 Å². The topological polar surface area (TPSA) is 80.5 Å². The van der Waals surface area contributed by atoms with Crippen molar-refractivity contribution >= 4 is 17.6 Å². The number of aliphatic carboxylic acids is 1. The van der Waals surface area contributed by atoms with Gasteiger partial charge in [-0.15, -0.1) is 10.2 Å². The lowest BCUT2D eigenvalue weighted by Crippen LogP contribution is -2.47. The van der Waals surface area contributed by atoms with Gasteiger partial charge in [-0.3, -0.25) is 9.69 Å². The van der Waals surface area contributed by atoms with Crippen molar-refractivity contribution in [2.75, 3.05) is 6.61 Å². The van der Waals surface area contributed by atoms with E-state index >= 15 is 0 Å². The second-order valence-electron chi connectivity index (χ2n) is 6.18. The molecule has 1 N–H and O–H groups in total. The number of aromatic nitrogens is 3. The quantitative estimate of drug-likeness (QED) is 0.908. The summed E-state index contributed by atoms with van der Waals surface area (Å²) in [6, 6.07) is 3.14. The molecule has 1 aromatic carbocycles. The Hall–Kier alpha value is -2.12. The highest BCUT2D eigenvalue weighted by molar-refractivity contribution is 6.30. The van der Waals surface area contributed by atoms with Crippen molar-refractivity contribution in [1.29, 1.82) is 0 Å². The molecule has 0 spiro atoms. The maximum atomic E-state index is 11.7. The van der Waals surface area contributed by atoms with E-state index in [4.69, 9.17) is 16.3 Å². The van der Waals surface area contributed by atoms with Gasteiger partial charge >= 0.3 is 5.97 Å². The smallest absolute Gasteiger partial charge is 0.322 e. The maximum Gasteiger partial charge on any atom is 0.322 e. The van der Waals surface area contributed by atoms with E-state index in [1.165, 1.54) is 0 Å². The van der Waals surface area contributed by atoms with Crippen LogP contribution in [0.4, 0.5) is 0 Å². The summed E-state index contributed by atoms with van der Waals surface area (Å²) in [7, 11) is 0. The van der Waals surface area contributed by atoms with Crippen LogP contribution in [0.1, 0.15) is 22.8 Å². The Kier molecular flexibility index (Phi) is 3.69. The molecule has 4 rings (SSSR count). The highest BCUT2D eigenvalue weighted by atomic mass is 35.5. The number of hydrogen-bond acceptors (Lipinski definition) is 5. The molecule has 0 amide bonds. The third kappa shape index (κ3) is 2.53. The molecule has 0 bridgehead atoms. The predicted octanol–water partition coefficient (Wildman–Crippen LogP) is 1.64. The van der Waals surface area contributed by atoms with E-state index in [9.17, 15) is 9.90 Å². The molecule has 1 atom stereocenters. The average Bonchev–Trinajstić information content (AvgIpc) is 3.13. The molecule has 1 aromatic heterocycles. The van der Waals surface area contributed by atoms with Crippen LogP contribution in [0.5, 0.6) is 5.75 Å². The molecule has 126 valence electrons. The third-order valence-corrected chi connectivity index (χ3v) is 4.86. The van der Waals surface area contributed by atoms with Crippen LogP contribution in [-0.2, 0) is 30.8 Å². The minimum Gasteiger partial charge on any atom is -0.493 e. The summed E-state index contributed by atoms with van der Waals surface area (Å²) in [6.45, 7) is 3.69. The first-order valence-electron chi connectivity index (χ1n) is 7.82. The zero-order valence-corrected chi connectivity index (χ0v) is 14.0. The molecule has 1 unspecified atom stereocenters. The summed E-state index contributed by atoms with van der Waals surface area (Å²) in [6.07, 6.45) is 0.832. The Balaban J connectivity index is 1.67. The van der Waals surface area contributed by atoms with Gasteiger partial charge in [0.25, 0.3) is 0 Å². The van der Waals surface area contributed by atoms with Crippen LogP contribution in [0, 0.1) is 6.92 Å². The first-order valence-corrected chi connectivity index (χ1v) is 8.20. The summed E-state index contributed by atoms with van der Waals surface area (Å²) in [4.78, 5) is 13.6. The fourth-order valence-corrected chi connectivity index (χ4v) is 3.71. The number of hydrogen-bond donors (Lipinski definition) is 1. The van der Waals surface area contributed by atoms with Crippen LogP contribution in [0.3, 0.4) is 0 Å². The molecule has 0 saturated heterocycles. The second-order valence-corrected chi connectivity index (χ2v) is 6.62. The number of ether oxygens (including phenoxy) is 1. The van der Waals surface area contributed by atoms with Crippen LogP contribution in [0.2, 0.25) is 5.02 Å². The Morgan fingerprint density at radius 3 is 3.08 bits per heavy atom. The van der Waals surface area contributed by atoms with Gasteiger partial charge in [-0.25, -0.2) is 0 Å². The number of aryl methyl sites for hydroxylation is 1. The zero-order valence-electron chi connectivity index (χ0n) is 13.2. The van der Waals surface area contributed by atoms with Gasteiger partial charge in [0.1, 0.15) is 23.4 Å². The van der Waals surface area contributed by atoms with E-state index in [-0.39, 0.29) is 0 Å². The SMILES string of the molecule is Cc1nnc2n1CC(C(=O)O)N(Cc1cc(Cl)cc3c1OCC3)C2. The van der Waals surface area contributed by atoms with E-state index in [0.29, 0.717) is 31.3 Å². The lowest BCUT2D eigenvalue weighted by molar-refractivity contribution is -0.145. The van der Waals surface area contributed by atoms with Crippen LogP contribution >= 0.6 is 11.6 Å². The lowest BCUT2D eigenvalue weighted by Gasteiger charge is -2.33. The van der Waals surface area contributed by atoms with Gasteiger partial charge in [-0.05, 0) is 24.6 Å². The van der Waals surface area contributed by atoms with Crippen LogP contribution in [-0.4, -0.2) is 43.4 Å². The van der Waals surface area contributed by atoms with Crippen LogP contribution in [0.15, 0.2) is 12.1 Å². The summed E-state index contributed by atoms with van der Waals surface area (Å²) in [5, 5.41) is 18.5. The molecule has 0 saturated carbocycles.